The summed E-state index contributed by atoms with van der Waals surface area (Å²) in [5.41, 5.74) is 0.149. The van der Waals surface area contributed by atoms with Crippen LogP contribution in [0.25, 0.3) is 0 Å². The van der Waals surface area contributed by atoms with Gasteiger partial charge in [0.15, 0.2) is 0 Å². The smallest absolute Gasteiger partial charge is 0.0673 e. The van der Waals surface area contributed by atoms with Crippen molar-refractivity contribution in [1.82, 2.24) is 0 Å². The molecule has 0 unspecified atom stereocenters. The van der Waals surface area contributed by atoms with Gasteiger partial charge in [-0.2, -0.15) is 0 Å². The minimum absolute atomic E-state index is 0.149. The van der Waals surface area contributed by atoms with Gasteiger partial charge in [-0.1, -0.05) is 32.4 Å². The average Bonchev–Trinajstić information content (AvgIpc) is 2.24. The Kier molecular flexibility index (Phi) is 7.87. The Morgan fingerprint density at radius 2 is 1.79 bits per heavy atom. The molecule has 1 heteroatoms. The molecule has 0 radical (unpaired) electrons. The Balaban J connectivity index is 3.71. The molecule has 0 aliphatic carbocycles. The summed E-state index contributed by atoms with van der Waals surface area (Å²) in [4.78, 5) is 0. The molecule has 0 aromatic carbocycles. The van der Waals surface area contributed by atoms with Crippen molar-refractivity contribution in [3.8, 4) is 0 Å². The first kappa shape index (κ1) is 13.7. The van der Waals surface area contributed by atoms with E-state index >= 15 is 0 Å². The predicted octanol–water partition coefficient (Wildman–Crippen LogP) is 4.33. The average molecular weight is 198 g/mol. The Morgan fingerprint density at radius 1 is 1.14 bits per heavy atom. The number of methoxy groups -OCH3 is 1. The van der Waals surface area contributed by atoms with E-state index in [-0.39, 0.29) is 5.60 Å². The second kappa shape index (κ2) is 8.05. The van der Waals surface area contributed by atoms with Crippen molar-refractivity contribution >= 4 is 0 Å². The molecule has 0 saturated heterocycles. The molecule has 0 spiro atoms. The molecule has 14 heavy (non-hydrogen) atoms. The van der Waals surface area contributed by atoms with Crippen LogP contribution in [0.5, 0.6) is 0 Å². The van der Waals surface area contributed by atoms with Crippen LogP contribution in [0.1, 0.15) is 59.3 Å². The van der Waals surface area contributed by atoms with Gasteiger partial charge in [0, 0.05) is 7.11 Å². The van der Waals surface area contributed by atoms with Crippen LogP contribution in [0.2, 0.25) is 0 Å². The maximum Gasteiger partial charge on any atom is 0.0673 e. The second-order valence-electron chi connectivity index (χ2n) is 3.91. The summed E-state index contributed by atoms with van der Waals surface area (Å²) in [6.07, 6.45) is 11.6. The molecule has 0 N–H and O–H groups in total. The van der Waals surface area contributed by atoms with Crippen LogP contribution in [0.15, 0.2) is 12.2 Å². The summed E-state index contributed by atoms with van der Waals surface area (Å²) in [7, 11) is 1.85. The lowest BCUT2D eigenvalue weighted by molar-refractivity contribution is -0.0253. The summed E-state index contributed by atoms with van der Waals surface area (Å²) in [6, 6.07) is 0. The molecular formula is C13H26O. The standard InChI is InChI=1S/C13H26O/c1-5-8-9-10-11-12-13(6-2,7-3)14-4/h5,8H,6-7,9-12H2,1-4H3/b8-5+. The minimum Gasteiger partial charge on any atom is -0.378 e. The molecule has 0 amide bonds. The van der Waals surface area contributed by atoms with Crippen LogP contribution < -0.4 is 0 Å². The van der Waals surface area contributed by atoms with Gasteiger partial charge >= 0.3 is 0 Å². The Bertz CT molecular complexity index is 137. The largest absolute Gasteiger partial charge is 0.378 e. The summed E-state index contributed by atoms with van der Waals surface area (Å²) in [5, 5.41) is 0. The van der Waals surface area contributed by atoms with E-state index in [0.717, 1.165) is 12.8 Å². The monoisotopic (exact) mass is 198 g/mol. The number of hydrogen-bond donors (Lipinski definition) is 0. The number of hydrogen-bond acceptors (Lipinski definition) is 1. The van der Waals surface area contributed by atoms with E-state index < -0.39 is 0 Å². The quantitative estimate of drug-likeness (QED) is 0.417. The van der Waals surface area contributed by atoms with E-state index in [1.807, 2.05) is 7.11 Å². The molecular weight excluding hydrogens is 172 g/mol. The third kappa shape index (κ3) is 4.80. The van der Waals surface area contributed by atoms with Gasteiger partial charge in [-0.05, 0) is 39.0 Å². The highest BCUT2D eigenvalue weighted by Gasteiger charge is 2.24. The topological polar surface area (TPSA) is 9.23 Å². The lowest BCUT2D eigenvalue weighted by Gasteiger charge is -2.30. The van der Waals surface area contributed by atoms with Gasteiger partial charge < -0.3 is 4.74 Å². The van der Waals surface area contributed by atoms with Crippen LogP contribution in [-0.4, -0.2) is 12.7 Å². The second-order valence-corrected chi connectivity index (χ2v) is 3.91. The van der Waals surface area contributed by atoms with E-state index in [1.165, 1.54) is 25.7 Å². The molecule has 0 heterocycles. The number of rotatable bonds is 8. The molecule has 0 rings (SSSR count). The number of ether oxygens (including phenoxy) is 1. The molecule has 0 atom stereocenters. The van der Waals surface area contributed by atoms with E-state index in [2.05, 4.69) is 32.9 Å². The fraction of sp³-hybridized carbons (Fsp3) is 0.846. The van der Waals surface area contributed by atoms with Crippen molar-refractivity contribution in [2.45, 2.75) is 64.9 Å². The number of allylic oxidation sites excluding steroid dienone is 2. The highest BCUT2D eigenvalue weighted by Crippen LogP contribution is 2.26. The van der Waals surface area contributed by atoms with Gasteiger partial charge in [-0.25, -0.2) is 0 Å². The molecule has 0 aliphatic heterocycles. The molecule has 0 aliphatic rings. The highest BCUT2D eigenvalue weighted by molar-refractivity contribution is 4.79. The van der Waals surface area contributed by atoms with Crippen molar-refractivity contribution in [1.29, 1.82) is 0 Å². The first-order valence-corrected chi connectivity index (χ1v) is 5.91. The van der Waals surface area contributed by atoms with Crippen molar-refractivity contribution in [3.05, 3.63) is 12.2 Å². The first-order valence-electron chi connectivity index (χ1n) is 5.91. The van der Waals surface area contributed by atoms with Crippen molar-refractivity contribution in [2.75, 3.05) is 7.11 Å². The molecule has 0 saturated carbocycles. The minimum atomic E-state index is 0.149. The van der Waals surface area contributed by atoms with Crippen LogP contribution in [0.4, 0.5) is 0 Å². The number of unbranched alkanes of at least 4 members (excludes halogenated alkanes) is 2. The normalized spacial score (nSPS) is 12.6. The zero-order valence-corrected chi connectivity index (χ0v) is 10.3. The molecule has 0 bridgehead atoms. The van der Waals surface area contributed by atoms with Crippen LogP contribution in [0, 0.1) is 0 Å². The van der Waals surface area contributed by atoms with E-state index in [0.29, 0.717) is 0 Å². The highest BCUT2D eigenvalue weighted by atomic mass is 16.5. The maximum absolute atomic E-state index is 5.62. The SMILES string of the molecule is C/C=C/CCCCC(CC)(CC)OC. The van der Waals surface area contributed by atoms with Gasteiger partial charge in [-0.15, -0.1) is 0 Å². The third-order valence-electron chi connectivity index (χ3n) is 3.21. The summed E-state index contributed by atoms with van der Waals surface area (Å²) >= 11 is 0. The summed E-state index contributed by atoms with van der Waals surface area (Å²) in [5.74, 6) is 0. The molecule has 84 valence electrons. The molecule has 1 nitrogen and oxygen atoms in total. The van der Waals surface area contributed by atoms with E-state index in [1.54, 1.807) is 0 Å². The Hall–Kier alpha value is -0.300. The molecule has 0 fully saturated rings. The van der Waals surface area contributed by atoms with Crippen molar-refractivity contribution in [2.24, 2.45) is 0 Å². The zero-order valence-electron chi connectivity index (χ0n) is 10.3. The van der Waals surface area contributed by atoms with Gasteiger partial charge in [0.25, 0.3) is 0 Å². The maximum atomic E-state index is 5.62. The van der Waals surface area contributed by atoms with Gasteiger partial charge in [0.1, 0.15) is 0 Å². The van der Waals surface area contributed by atoms with Crippen LogP contribution >= 0.6 is 0 Å². The van der Waals surface area contributed by atoms with E-state index in [9.17, 15) is 0 Å². The lowest BCUT2D eigenvalue weighted by atomic mass is 9.90. The lowest BCUT2D eigenvalue weighted by Crippen LogP contribution is -2.29. The Labute approximate surface area is 89.5 Å². The van der Waals surface area contributed by atoms with E-state index in [4.69, 9.17) is 4.74 Å². The fourth-order valence-corrected chi connectivity index (χ4v) is 1.87. The Morgan fingerprint density at radius 3 is 2.21 bits per heavy atom. The van der Waals surface area contributed by atoms with Crippen LogP contribution in [0.3, 0.4) is 0 Å². The third-order valence-corrected chi connectivity index (χ3v) is 3.21. The zero-order chi connectivity index (χ0) is 10.9. The molecule has 0 aromatic heterocycles. The summed E-state index contributed by atoms with van der Waals surface area (Å²) < 4.78 is 5.62. The van der Waals surface area contributed by atoms with Crippen molar-refractivity contribution in [3.63, 3.8) is 0 Å². The van der Waals surface area contributed by atoms with Crippen LogP contribution in [-0.2, 0) is 4.74 Å². The van der Waals surface area contributed by atoms with Crippen molar-refractivity contribution < 1.29 is 4.74 Å². The van der Waals surface area contributed by atoms with Gasteiger partial charge in [0.05, 0.1) is 5.60 Å². The molecule has 0 aromatic rings. The van der Waals surface area contributed by atoms with Gasteiger partial charge in [-0.3, -0.25) is 0 Å². The summed E-state index contributed by atoms with van der Waals surface area (Å²) in [6.45, 7) is 6.52. The first-order chi connectivity index (χ1) is 6.74. The van der Waals surface area contributed by atoms with Gasteiger partial charge in [0.2, 0.25) is 0 Å². The fourth-order valence-electron chi connectivity index (χ4n) is 1.87. The predicted molar refractivity (Wildman–Crippen MR) is 63.6 cm³/mol.